The number of nitro groups is 3. The number of nitro benzene ring substituents is 3. The van der Waals surface area contributed by atoms with Gasteiger partial charge >= 0.3 is 5.97 Å². The first kappa shape index (κ1) is 88.9. The van der Waals surface area contributed by atoms with Crippen LogP contribution in [0.25, 0.3) is 28.4 Å². The average Bonchev–Trinajstić information content (AvgIpc) is 1.78. The number of aromatic nitrogens is 20. The molecule has 1 fully saturated rings. The van der Waals surface area contributed by atoms with Crippen molar-refractivity contribution in [2.45, 2.75) is 115 Å². The van der Waals surface area contributed by atoms with Gasteiger partial charge in [0.1, 0.15) is 17.2 Å². The van der Waals surface area contributed by atoms with Crippen molar-refractivity contribution in [2.24, 2.45) is 11.5 Å². The molecule has 39 heteroatoms. The Balaban J connectivity index is 0.000000281. The van der Waals surface area contributed by atoms with Gasteiger partial charge in [0.05, 0.1) is 124 Å². The second-order valence-electron chi connectivity index (χ2n) is 23.1. The number of anilines is 5. The number of aryl methyl sites for hydroxylation is 6. The van der Waals surface area contributed by atoms with Crippen LogP contribution in [0.3, 0.4) is 0 Å². The second kappa shape index (κ2) is 44.4. The van der Waals surface area contributed by atoms with Gasteiger partial charge in [0.15, 0.2) is 0 Å². The lowest BCUT2D eigenvalue weighted by Gasteiger charge is -2.29. The van der Waals surface area contributed by atoms with Crippen LogP contribution in [0.15, 0.2) is 190 Å². The van der Waals surface area contributed by atoms with E-state index in [0.29, 0.717) is 23.9 Å². The number of carbonyl (C=O) groups is 2. The van der Waals surface area contributed by atoms with Crippen LogP contribution in [0, 0.1) is 77.7 Å². The minimum absolute atomic E-state index is 0. The maximum absolute atomic E-state index is 12.5. The number of nitrogens with two attached hydrogens (primary N) is 4. The number of benzene rings is 6. The molecule has 38 nitrogen and oxygen atoms in total. The molecule has 13 aromatic rings. The number of primary amides is 1. The number of hydrogen-bond donors (Lipinski definition) is 7. The lowest BCUT2D eigenvalue weighted by Crippen LogP contribution is -2.43. The molecule has 7 aromatic heterocycles. The summed E-state index contributed by atoms with van der Waals surface area (Å²) < 4.78 is 20.2. The van der Waals surface area contributed by atoms with Crippen molar-refractivity contribution in [1.29, 1.82) is 0 Å². The van der Waals surface area contributed by atoms with Crippen LogP contribution in [0.1, 0.15) is 106 Å². The number of H-pyrrole nitrogens is 1. The van der Waals surface area contributed by atoms with Crippen molar-refractivity contribution in [3.63, 3.8) is 0 Å². The van der Waals surface area contributed by atoms with Crippen molar-refractivity contribution < 1.29 is 33.5 Å². The van der Waals surface area contributed by atoms with Crippen LogP contribution >= 0.6 is 0 Å². The molecule has 1 aliphatic carbocycles. The van der Waals surface area contributed by atoms with E-state index in [2.05, 4.69) is 92.0 Å². The number of nitrogens with one attached hydrogen (secondary N) is 3. The second-order valence-corrected chi connectivity index (χ2v) is 23.1. The zero-order valence-electron chi connectivity index (χ0n) is 59.8. The summed E-state index contributed by atoms with van der Waals surface area (Å²) in [4.78, 5) is 64.8. The number of rotatable bonds is 14. The molecule has 1 amide bonds. The maximum Gasteiger partial charge on any atom is 0.302 e. The summed E-state index contributed by atoms with van der Waals surface area (Å²) in [6.45, 7) is 14.6. The normalized spacial score (nSPS) is 11.9. The van der Waals surface area contributed by atoms with Gasteiger partial charge in [0.25, 0.3) is 23.0 Å². The first-order chi connectivity index (χ1) is 51.8. The van der Waals surface area contributed by atoms with E-state index in [0.717, 1.165) is 111 Å². The third-order valence-corrected chi connectivity index (χ3v) is 15.1. The fraction of sp³-hybridized carbons (Fsp3) is 0.250. The van der Waals surface area contributed by atoms with E-state index in [1.165, 1.54) is 55.2 Å². The Labute approximate surface area is 637 Å². The number of amides is 1. The summed E-state index contributed by atoms with van der Waals surface area (Å²) in [6, 6.07) is 29.8. The molecule has 0 radical (unpaired) electrons. The van der Waals surface area contributed by atoms with Gasteiger partial charge in [-0.05, 0) is 167 Å². The Morgan fingerprint density at radius 1 is 0.559 bits per heavy atom. The number of nitrogen functional groups attached to an aromatic ring is 2. The summed E-state index contributed by atoms with van der Waals surface area (Å²) in [5.74, 6) is -0.478. The molecular weight excluding hydrogens is 1430 g/mol. The zero-order chi connectivity index (χ0) is 78.2. The Kier molecular flexibility index (Phi) is 35.6. The molecule has 111 heavy (non-hydrogen) atoms. The highest BCUT2D eigenvalue weighted by Gasteiger charge is 2.24. The minimum atomic E-state index is -0.604. The summed E-state index contributed by atoms with van der Waals surface area (Å²) in [5, 5.41) is 86.5. The van der Waals surface area contributed by atoms with E-state index in [4.69, 9.17) is 22.9 Å². The summed E-state index contributed by atoms with van der Waals surface area (Å²) in [7, 11) is 0. The van der Waals surface area contributed by atoms with Gasteiger partial charge in [0, 0.05) is 78.7 Å². The van der Waals surface area contributed by atoms with Crippen LogP contribution < -0.4 is 33.6 Å². The molecule has 14 rings (SSSR count). The number of halogens is 1. The lowest BCUT2D eigenvalue weighted by molar-refractivity contribution is -0.385. The molecule has 1 aliphatic rings. The Morgan fingerprint density at radius 3 is 1.32 bits per heavy atom. The predicted octanol–water partition coefficient (Wildman–Crippen LogP) is 11.5. The van der Waals surface area contributed by atoms with Crippen LogP contribution in [0.4, 0.5) is 50.3 Å². The molecule has 2 atom stereocenters. The Morgan fingerprint density at radius 2 is 0.964 bits per heavy atom. The summed E-state index contributed by atoms with van der Waals surface area (Å²) >= 11 is 0. The SMILES string of the molecule is C.C.C.CCOC(C)=O.Cc1cc(N)ccc1-n1ccnn1.Cc1cc(N)ccc1-n1nccn1.Cc1cc(Nc2nc(N[C@@H]3CCCC[C@@H]3N)ncc2C(N)=O)ccc1-n1nccn1.Cc1cc([N+](=O)[O-])ccc1-n1ccnn1.Cc1cc([N+](=O)[O-])ccc1-n1nccn1.Cc1cc([N+](=O)[O-])ccc1F.c1cn[nH]n1. The number of aromatic amines is 1. The van der Waals surface area contributed by atoms with Crippen LogP contribution in [0.5, 0.6) is 0 Å². The van der Waals surface area contributed by atoms with Crippen LogP contribution in [-0.2, 0) is 9.53 Å². The molecule has 11 N–H and O–H groups in total. The van der Waals surface area contributed by atoms with Gasteiger partial charge in [-0.2, -0.15) is 65.4 Å². The number of esters is 1. The van der Waals surface area contributed by atoms with Gasteiger partial charge in [0.2, 0.25) is 5.95 Å². The first-order valence-corrected chi connectivity index (χ1v) is 32.8. The van der Waals surface area contributed by atoms with E-state index in [9.17, 15) is 44.3 Å². The molecular formula is C72H90FN29O9. The fourth-order valence-corrected chi connectivity index (χ4v) is 9.96. The zero-order valence-corrected chi connectivity index (χ0v) is 59.8. The van der Waals surface area contributed by atoms with Gasteiger partial charge in [-0.1, -0.05) is 45.5 Å². The van der Waals surface area contributed by atoms with Crippen molar-refractivity contribution in [3.8, 4) is 28.4 Å². The van der Waals surface area contributed by atoms with Crippen molar-refractivity contribution in [3.05, 3.63) is 265 Å². The minimum Gasteiger partial charge on any atom is -0.466 e. The van der Waals surface area contributed by atoms with E-state index >= 15 is 0 Å². The van der Waals surface area contributed by atoms with Crippen molar-refractivity contribution in [2.75, 3.05) is 28.7 Å². The van der Waals surface area contributed by atoms with Crippen molar-refractivity contribution >= 4 is 57.8 Å². The monoisotopic (exact) mass is 1520 g/mol. The molecule has 0 bridgehead atoms. The number of hydrogen-bond acceptors (Lipinski definition) is 28. The lowest BCUT2D eigenvalue weighted by atomic mass is 9.91. The maximum atomic E-state index is 12.5. The predicted molar refractivity (Wildman–Crippen MR) is 417 cm³/mol. The van der Waals surface area contributed by atoms with Gasteiger partial charge in [-0.25, -0.2) is 18.7 Å². The Bertz CT molecular complexity index is 4800. The van der Waals surface area contributed by atoms with E-state index in [1.54, 1.807) is 126 Å². The number of carbonyl (C=O) groups excluding carboxylic acids is 2. The van der Waals surface area contributed by atoms with Crippen molar-refractivity contribution in [1.82, 2.24) is 100 Å². The van der Waals surface area contributed by atoms with E-state index in [1.807, 2.05) is 75.4 Å². The molecule has 7 heterocycles. The highest BCUT2D eigenvalue weighted by molar-refractivity contribution is 5.98. The smallest absolute Gasteiger partial charge is 0.302 e. The quantitative estimate of drug-likeness (QED) is 0.0230. The standard InChI is InChI=1S/C20H25N9O.2C9H8N4O2.2C9H10N4.C7H6FNO2.C4H8O2.C2H3N3.3CH4/c1-12-10-13(6-7-17(12)29-24-8-9-25-29)26-19-14(18(22)30)11-23-20(28-19)27-16-5-3-2-4-15(16)21;1-7-6-8(13(14)15)2-3-9(7)12-5-4-10-11-12;1-7-6-8(13(14)15)2-3-9(7)12-10-4-5-11-12;1-7-6-8(10)2-3-9(7)13-5-4-11-12-13;1-7-6-8(10)2-3-9(7)13-11-4-5-12-13;1-5-4-6(9(10)11)2-3-7(5)8;1-3-6-4(2)5;1-2-4-5-3-1;;;/h6-11,15-16H,2-5,21H2,1H3,(H2,22,30)(H2,23,26,27,28);2*2-6H,1H3;2*2-6H,10H2,1H3;2-4H,1H3;3H2,1-2H3;1-2H,(H,3,4,5);3*1H4/t15-,16+;;;;;;;;;;/m0........../s1. The Hall–Kier alpha value is -14.5. The van der Waals surface area contributed by atoms with Gasteiger partial charge in [-0.3, -0.25) is 39.9 Å². The fourth-order valence-electron chi connectivity index (χ4n) is 9.96. The summed E-state index contributed by atoms with van der Waals surface area (Å²) in [5.41, 5.74) is 34.9. The van der Waals surface area contributed by atoms with E-state index in [-0.39, 0.29) is 63.0 Å². The molecule has 0 unspecified atom stereocenters. The molecule has 0 saturated heterocycles. The van der Waals surface area contributed by atoms with Crippen LogP contribution in [0.2, 0.25) is 0 Å². The topological polar surface area (TPSA) is 522 Å². The average molecular weight is 1520 g/mol. The highest BCUT2D eigenvalue weighted by Crippen LogP contribution is 2.27. The third kappa shape index (κ3) is 27.4. The molecule has 584 valence electrons. The first-order valence-electron chi connectivity index (χ1n) is 32.8. The molecule has 0 spiro atoms. The van der Waals surface area contributed by atoms with Crippen LogP contribution in [-0.4, -0.2) is 146 Å². The molecule has 0 aliphatic heterocycles. The number of ether oxygens (including phenoxy) is 1. The molecule has 1 saturated carbocycles. The largest absolute Gasteiger partial charge is 0.466 e. The molecule has 6 aromatic carbocycles. The van der Waals surface area contributed by atoms with E-state index < -0.39 is 26.5 Å². The summed E-state index contributed by atoms with van der Waals surface area (Å²) in [6.07, 6.45) is 25.1. The highest BCUT2D eigenvalue weighted by atomic mass is 19.1. The number of non-ortho nitro benzene ring substituents is 3. The number of nitrogens with zero attached hydrogens (tertiary/aromatic N) is 22. The third-order valence-electron chi connectivity index (χ3n) is 15.1. The van der Waals surface area contributed by atoms with Gasteiger partial charge in [-0.15, -0.1) is 10.2 Å². The van der Waals surface area contributed by atoms with Gasteiger partial charge < -0.3 is 38.3 Å².